The van der Waals surface area contributed by atoms with Crippen molar-refractivity contribution in [3.63, 3.8) is 0 Å². The van der Waals surface area contributed by atoms with E-state index in [1.807, 2.05) is 0 Å². The van der Waals surface area contributed by atoms with E-state index in [-0.39, 0.29) is 18.0 Å². The molecule has 0 aliphatic heterocycles. The summed E-state index contributed by atoms with van der Waals surface area (Å²) in [7, 11) is 0. The second-order valence-corrected chi connectivity index (χ2v) is 6.97. The van der Waals surface area contributed by atoms with Gasteiger partial charge in [-0.15, -0.1) is 0 Å². The molecule has 138 valence electrons. The van der Waals surface area contributed by atoms with Crippen molar-refractivity contribution in [3.05, 3.63) is 16.2 Å². The van der Waals surface area contributed by atoms with Crippen molar-refractivity contribution in [1.29, 1.82) is 0 Å². The monoisotopic (exact) mass is 360 g/mol. The first-order chi connectivity index (χ1) is 11.5. The van der Waals surface area contributed by atoms with Crippen LogP contribution in [0.1, 0.15) is 57.6 Å². The van der Waals surface area contributed by atoms with Crippen molar-refractivity contribution in [2.75, 3.05) is 5.75 Å². The highest BCUT2D eigenvalue weighted by atomic mass is 32.2. The lowest BCUT2D eigenvalue weighted by Crippen LogP contribution is -2.22. The lowest BCUT2D eigenvalue weighted by molar-refractivity contribution is -0.137. The van der Waals surface area contributed by atoms with Gasteiger partial charge < -0.3 is 15.3 Å². The molecule has 1 unspecified atom stereocenters. The van der Waals surface area contributed by atoms with Crippen LogP contribution in [-0.4, -0.2) is 42.7 Å². The Labute approximate surface area is 146 Å². The first-order valence-electron chi connectivity index (χ1n) is 8.44. The van der Waals surface area contributed by atoms with Crippen LogP contribution in [0.5, 0.6) is 5.88 Å². The molecule has 1 aromatic heterocycles. The molecule has 0 aliphatic rings. The lowest BCUT2D eigenvalue weighted by atomic mass is 10.1. The van der Waals surface area contributed by atoms with E-state index in [1.165, 1.54) is 16.3 Å². The zero-order valence-electron chi connectivity index (χ0n) is 14.2. The molecular formula is C16H28N2O5S. The van der Waals surface area contributed by atoms with Crippen LogP contribution in [0.15, 0.2) is 4.79 Å². The molecule has 1 aromatic rings. The zero-order chi connectivity index (χ0) is 17.9. The summed E-state index contributed by atoms with van der Waals surface area (Å²) in [5.74, 6) is 0.0983. The third kappa shape index (κ3) is 7.44. The number of hydrogen-bond acceptors (Lipinski definition) is 5. The Balaban J connectivity index is 2.49. The summed E-state index contributed by atoms with van der Waals surface area (Å²) in [5, 5.41) is 28.4. The first-order valence-corrected chi connectivity index (χ1v) is 9.59. The molecule has 0 fully saturated rings. The summed E-state index contributed by atoms with van der Waals surface area (Å²) in [6, 6.07) is 0. The van der Waals surface area contributed by atoms with Crippen molar-refractivity contribution >= 4 is 17.7 Å². The van der Waals surface area contributed by atoms with E-state index in [2.05, 4.69) is 11.9 Å². The normalized spacial score (nSPS) is 12.4. The van der Waals surface area contributed by atoms with Crippen molar-refractivity contribution < 1.29 is 20.1 Å². The van der Waals surface area contributed by atoms with Crippen molar-refractivity contribution in [3.8, 4) is 5.88 Å². The Morgan fingerprint density at radius 2 is 2.04 bits per heavy atom. The number of carbonyl (C=O) groups is 1. The SMILES string of the molecule is CCCCCC(O)CCn1c(CSCCCC(=O)O)c(O)[nH]c1=O. The number of thioether (sulfide) groups is 1. The third-order valence-corrected chi connectivity index (χ3v) is 4.87. The number of aromatic hydroxyl groups is 1. The van der Waals surface area contributed by atoms with E-state index in [4.69, 9.17) is 5.11 Å². The summed E-state index contributed by atoms with van der Waals surface area (Å²) in [6.07, 6.45) is 4.56. The van der Waals surface area contributed by atoms with Crippen molar-refractivity contribution in [2.24, 2.45) is 0 Å². The summed E-state index contributed by atoms with van der Waals surface area (Å²) < 4.78 is 1.46. The smallest absolute Gasteiger partial charge is 0.328 e. The molecule has 8 heteroatoms. The fourth-order valence-electron chi connectivity index (χ4n) is 2.42. The number of aromatic nitrogens is 2. The highest BCUT2D eigenvalue weighted by molar-refractivity contribution is 7.98. The van der Waals surface area contributed by atoms with Gasteiger partial charge in [-0.3, -0.25) is 14.3 Å². The van der Waals surface area contributed by atoms with Gasteiger partial charge in [0.1, 0.15) is 0 Å². The number of H-pyrrole nitrogens is 1. The van der Waals surface area contributed by atoms with Crippen molar-refractivity contribution in [1.82, 2.24) is 9.55 Å². The van der Waals surface area contributed by atoms with Gasteiger partial charge in [0.2, 0.25) is 5.88 Å². The van der Waals surface area contributed by atoms with Crippen LogP contribution in [0.25, 0.3) is 0 Å². The fourth-order valence-corrected chi connectivity index (χ4v) is 3.40. The van der Waals surface area contributed by atoms with E-state index in [0.717, 1.165) is 25.7 Å². The molecule has 1 rings (SSSR count). The number of aromatic amines is 1. The minimum Gasteiger partial charge on any atom is -0.493 e. The Kier molecular flexibility index (Phi) is 9.63. The number of hydrogen-bond donors (Lipinski definition) is 4. The summed E-state index contributed by atoms with van der Waals surface area (Å²) in [6.45, 7) is 2.46. The number of carboxylic acid groups (broad SMARTS) is 1. The number of nitrogens with zero attached hydrogens (tertiary/aromatic N) is 1. The standard InChI is InChI=1S/C16H28N2O5S/c1-2-3-4-6-12(19)8-9-18-13(15(22)17-16(18)23)11-24-10-5-7-14(20)21/h12,19,22H,2-11H2,1H3,(H,17,23)(H,20,21). The van der Waals surface area contributed by atoms with Gasteiger partial charge in [0.05, 0.1) is 11.8 Å². The number of unbranched alkanes of at least 4 members (excludes halogenated alkanes) is 2. The largest absolute Gasteiger partial charge is 0.493 e. The molecule has 0 saturated carbocycles. The van der Waals surface area contributed by atoms with Crippen LogP contribution in [0.2, 0.25) is 0 Å². The number of rotatable bonds is 13. The second-order valence-electron chi connectivity index (χ2n) is 5.87. The minimum atomic E-state index is -0.825. The van der Waals surface area contributed by atoms with Gasteiger partial charge in [0.15, 0.2) is 0 Å². The van der Waals surface area contributed by atoms with Gasteiger partial charge in [-0.1, -0.05) is 26.2 Å². The van der Waals surface area contributed by atoms with Gasteiger partial charge in [0.25, 0.3) is 0 Å². The molecule has 0 bridgehead atoms. The Bertz CT molecular complexity index is 555. The minimum absolute atomic E-state index is 0.114. The van der Waals surface area contributed by atoms with Gasteiger partial charge >= 0.3 is 11.7 Å². The molecule has 0 spiro atoms. The number of aliphatic hydroxyl groups excluding tert-OH is 1. The predicted octanol–water partition coefficient (Wildman–Crippen LogP) is 2.31. The molecule has 24 heavy (non-hydrogen) atoms. The fraction of sp³-hybridized carbons (Fsp3) is 0.750. The Hall–Kier alpha value is -1.41. The maximum absolute atomic E-state index is 11.9. The summed E-state index contributed by atoms with van der Waals surface area (Å²) >= 11 is 1.48. The number of aliphatic hydroxyl groups is 1. The van der Waals surface area contributed by atoms with Crippen LogP contribution < -0.4 is 5.69 Å². The number of imidazole rings is 1. The van der Waals surface area contributed by atoms with Gasteiger partial charge in [-0.25, -0.2) is 4.79 Å². The van der Waals surface area contributed by atoms with E-state index in [9.17, 15) is 19.8 Å². The van der Waals surface area contributed by atoms with Crippen LogP contribution >= 0.6 is 11.8 Å². The average molecular weight is 360 g/mol. The summed E-state index contributed by atoms with van der Waals surface area (Å²) in [4.78, 5) is 24.7. The number of carboxylic acids is 1. The molecule has 0 saturated heterocycles. The highest BCUT2D eigenvalue weighted by Crippen LogP contribution is 2.20. The van der Waals surface area contributed by atoms with Crippen LogP contribution in [0, 0.1) is 0 Å². The second kappa shape index (κ2) is 11.2. The van der Waals surface area contributed by atoms with E-state index in [1.54, 1.807) is 0 Å². The van der Waals surface area contributed by atoms with Crippen LogP contribution in [0.4, 0.5) is 0 Å². The van der Waals surface area contributed by atoms with E-state index < -0.39 is 12.1 Å². The Morgan fingerprint density at radius 1 is 1.29 bits per heavy atom. The maximum Gasteiger partial charge on any atom is 0.328 e. The third-order valence-electron chi connectivity index (χ3n) is 3.81. The molecule has 0 amide bonds. The summed E-state index contributed by atoms with van der Waals surface area (Å²) in [5.41, 5.74) is 0.121. The number of nitrogens with one attached hydrogen (secondary N) is 1. The molecule has 1 heterocycles. The average Bonchev–Trinajstić information content (AvgIpc) is 2.78. The predicted molar refractivity (Wildman–Crippen MR) is 94.5 cm³/mol. The molecule has 1 atom stereocenters. The van der Waals surface area contributed by atoms with E-state index >= 15 is 0 Å². The molecule has 0 radical (unpaired) electrons. The quantitative estimate of drug-likeness (QED) is 0.401. The van der Waals surface area contributed by atoms with Gasteiger partial charge in [-0.2, -0.15) is 11.8 Å². The van der Waals surface area contributed by atoms with Crippen LogP contribution in [0.3, 0.4) is 0 Å². The molecular weight excluding hydrogens is 332 g/mol. The molecule has 4 N–H and O–H groups in total. The highest BCUT2D eigenvalue weighted by Gasteiger charge is 2.14. The van der Waals surface area contributed by atoms with Gasteiger partial charge in [0, 0.05) is 18.7 Å². The molecule has 0 aromatic carbocycles. The van der Waals surface area contributed by atoms with E-state index in [0.29, 0.717) is 36.6 Å². The number of aliphatic carboxylic acids is 1. The topological polar surface area (TPSA) is 116 Å². The van der Waals surface area contributed by atoms with Crippen molar-refractivity contribution in [2.45, 2.75) is 70.3 Å². The first kappa shape index (κ1) is 20.6. The van der Waals surface area contributed by atoms with Gasteiger partial charge in [-0.05, 0) is 25.0 Å². The molecule has 7 nitrogen and oxygen atoms in total. The zero-order valence-corrected chi connectivity index (χ0v) is 15.0. The maximum atomic E-state index is 11.9. The Morgan fingerprint density at radius 3 is 2.71 bits per heavy atom. The lowest BCUT2D eigenvalue weighted by Gasteiger charge is -2.12. The van der Waals surface area contributed by atoms with Crippen LogP contribution in [-0.2, 0) is 17.1 Å². The molecule has 0 aliphatic carbocycles.